The lowest BCUT2D eigenvalue weighted by Gasteiger charge is -2.20. The molecule has 0 radical (unpaired) electrons. The Morgan fingerprint density at radius 3 is 2.65 bits per heavy atom. The number of carbonyl (C=O) groups is 1. The second-order valence-electron chi connectivity index (χ2n) is 6.30. The molecule has 1 aliphatic rings. The van der Waals surface area contributed by atoms with Crippen molar-refractivity contribution < 1.29 is 9.18 Å². The Morgan fingerprint density at radius 1 is 1.35 bits per heavy atom. The highest BCUT2D eigenvalue weighted by Gasteiger charge is 2.24. The smallest absolute Gasteiger partial charge is 0.221 e. The van der Waals surface area contributed by atoms with E-state index in [9.17, 15) is 9.18 Å². The Labute approximate surface area is 135 Å². The summed E-state index contributed by atoms with van der Waals surface area (Å²) in [7, 11) is 1.89. The molecule has 122 valence electrons. The molecule has 1 heterocycles. The quantitative estimate of drug-likeness (QED) is 0.920. The number of carbonyl (C=O) groups excluding carboxylic acids is 1. The fourth-order valence-electron chi connectivity index (χ4n) is 3.30. The number of aryl methyl sites for hydroxylation is 1. The van der Waals surface area contributed by atoms with Crippen LogP contribution in [0.25, 0.3) is 0 Å². The minimum absolute atomic E-state index is 0.0363. The Hall–Kier alpha value is -2.17. The maximum absolute atomic E-state index is 13.2. The molecule has 1 aromatic carbocycles. The van der Waals surface area contributed by atoms with Crippen molar-refractivity contribution >= 4 is 5.91 Å². The van der Waals surface area contributed by atoms with Crippen LogP contribution in [0.3, 0.4) is 0 Å². The van der Waals surface area contributed by atoms with Gasteiger partial charge < -0.3 is 9.88 Å². The molecular weight excluding hydrogens is 293 g/mol. The van der Waals surface area contributed by atoms with E-state index in [4.69, 9.17) is 0 Å². The number of benzene rings is 1. The van der Waals surface area contributed by atoms with Gasteiger partial charge >= 0.3 is 0 Å². The van der Waals surface area contributed by atoms with Gasteiger partial charge in [-0.05, 0) is 36.5 Å². The molecule has 23 heavy (non-hydrogen) atoms. The summed E-state index contributed by atoms with van der Waals surface area (Å²) in [5.74, 6) is 0.987. The van der Waals surface area contributed by atoms with Crippen molar-refractivity contribution in [1.29, 1.82) is 0 Å². The van der Waals surface area contributed by atoms with Gasteiger partial charge in [-0.2, -0.15) is 0 Å². The van der Waals surface area contributed by atoms with Crippen LogP contribution in [0.4, 0.5) is 4.39 Å². The van der Waals surface area contributed by atoms with Crippen LogP contribution >= 0.6 is 0 Å². The molecule has 1 atom stereocenters. The lowest BCUT2D eigenvalue weighted by molar-refractivity contribution is -0.122. The molecule has 3 rings (SSSR count). The van der Waals surface area contributed by atoms with Crippen molar-refractivity contribution in [2.75, 3.05) is 0 Å². The largest absolute Gasteiger partial charge is 0.342 e. The topological polar surface area (TPSA) is 46.9 Å². The molecule has 1 aliphatic carbocycles. The van der Waals surface area contributed by atoms with Crippen molar-refractivity contribution in [3.05, 3.63) is 53.9 Å². The molecule has 0 aliphatic heterocycles. The van der Waals surface area contributed by atoms with Gasteiger partial charge in [-0.3, -0.25) is 4.79 Å². The summed E-state index contributed by atoms with van der Waals surface area (Å²) < 4.78 is 15.1. The molecule has 1 aromatic heterocycles. The van der Waals surface area contributed by atoms with Crippen LogP contribution in [0.1, 0.15) is 49.5 Å². The van der Waals surface area contributed by atoms with Crippen LogP contribution in [0, 0.1) is 11.7 Å². The zero-order valence-electron chi connectivity index (χ0n) is 13.3. The van der Waals surface area contributed by atoms with E-state index >= 15 is 0 Å². The van der Waals surface area contributed by atoms with Crippen LogP contribution in [-0.4, -0.2) is 15.5 Å². The first kappa shape index (κ1) is 15.7. The van der Waals surface area contributed by atoms with Gasteiger partial charge in [0.05, 0.1) is 0 Å². The normalized spacial score (nSPS) is 16.4. The van der Waals surface area contributed by atoms with Crippen LogP contribution in [0.15, 0.2) is 36.7 Å². The van der Waals surface area contributed by atoms with Gasteiger partial charge in [0.15, 0.2) is 0 Å². The lowest BCUT2D eigenvalue weighted by Crippen LogP contribution is -2.32. The number of halogens is 1. The monoisotopic (exact) mass is 315 g/mol. The summed E-state index contributed by atoms with van der Waals surface area (Å²) in [4.78, 5) is 16.8. The fraction of sp³-hybridized carbons (Fsp3) is 0.444. The fourth-order valence-corrected chi connectivity index (χ4v) is 3.30. The molecule has 4 nitrogen and oxygen atoms in total. The van der Waals surface area contributed by atoms with E-state index < -0.39 is 0 Å². The molecule has 1 fully saturated rings. The minimum Gasteiger partial charge on any atom is -0.342 e. The third kappa shape index (κ3) is 3.78. The molecule has 1 N–H and O–H groups in total. The molecule has 5 heteroatoms. The molecular formula is C18H22FN3O. The SMILES string of the molecule is Cn1ccnc1[C@H](NC(=O)CC1CCCC1)c1ccc(F)cc1. The molecule has 1 saturated carbocycles. The zero-order valence-corrected chi connectivity index (χ0v) is 13.3. The van der Waals surface area contributed by atoms with Crippen LogP contribution in [-0.2, 0) is 11.8 Å². The highest BCUT2D eigenvalue weighted by molar-refractivity contribution is 5.77. The number of imidazole rings is 1. The second kappa shape index (κ2) is 6.94. The third-order valence-corrected chi connectivity index (χ3v) is 4.57. The third-order valence-electron chi connectivity index (χ3n) is 4.57. The standard InChI is InChI=1S/C18H22FN3O/c1-22-11-10-20-18(22)17(14-6-8-15(19)9-7-14)21-16(23)12-13-4-2-3-5-13/h6-11,13,17H,2-5,12H2,1H3,(H,21,23)/t17-/m1/s1. The number of hydrogen-bond acceptors (Lipinski definition) is 2. The van der Waals surface area contributed by atoms with E-state index in [1.54, 1.807) is 18.3 Å². The van der Waals surface area contributed by atoms with Crippen molar-refractivity contribution in [2.45, 2.75) is 38.1 Å². The molecule has 0 bridgehead atoms. The Morgan fingerprint density at radius 2 is 2.04 bits per heavy atom. The van der Waals surface area contributed by atoms with E-state index in [0.29, 0.717) is 12.3 Å². The molecule has 0 unspecified atom stereocenters. The van der Waals surface area contributed by atoms with E-state index in [-0.39, 0.29) is 17.8 Å². The number of nitrogens with zero attached hydrogens (tertiary/aromatic N) is 2. The van der Waals surface area contributed by atoms with Crippen LogP contribution in [0.5, 0.6) is 0 Å². The van der Waals surface area contributed by atoms with Crippen molar-refractivity contribution in [3.63, 3.8) is 0 Å². The van der Waals surface area contributed by atoms with Crippen LogP contribution in [0.2, 0.25) is 0 Å². The maximum atomic E-state index is 13.2. The van der Waals surface area contributed by atoms with E-state index in [1.165, 1.54) is 25.0 Å². The van der Waals surface area contributed by atoms with Gasteiger partial charge in [-0.1, -0.05) is 25.0 Å². The van der Waals surface area contributed by atoms with Crippen molar-refractivity contribution in [3.8, 4) is 0 Å². The summed E-state index contributed by atoms with van der Waals surface area (Å²) in [5, 5.41) is 3.08. The average molecular weight is 315 g/mol. The van der Waals surface area contributed by atoms with Gasteiger partial charge in [-0.25, -0.2) is 9.37 Å². The first-order valence-electron chi connectivity index (χ1n) is 8.15. The second-order valence-corrected chi connectivity index (χ2v) is 6.30. The summed E-state index contributed by atoms with van der Waals surface area (Å²) in [5.41, 5.74) is 0.834. The lowest BCUT2D eigenvalue weighted by atomic mass is 10.0. The van der Waals surface area contributed by atoms with Crippen LogP contribution < -0.4 is 5.32 Å². The van der Waals surface area contributed by atoms with Gasteiger partial charge in [0, 0.05) is 25.9 Å². The Kier molecular flexibility index (Phi) is 4.74. The summed E-state index contributed by atoms with van der Waals surface area (Å²) in [6.45, 7) is 0. The van der Waals surface area contributed by atoms with Crippen molar-refractivity contribution in [2.24, 2.45) is 13.0 Å². The average Bonchev–Trinajstić information content (AvgIpc) is 3.18. The van der Waals surface area contributed by atoms with Gasteiger partial charge in [0.25, 0.3) is 0 Å². The Bertz CT molecular complexity index is 659. The molecule has 0 saturated heterocycles. The summed E-state index contributed by atoms with van der Waals surface area (Å²) in [6.07, 6.45) is 8.82. The number of aromatic nitrogens is 2. The zero-order chi connectivity index (χ0) is 16.2. The molecule has 0 spiro atoms. The predicted octanol–water partition coefficient (Wildman–Crippen LogP) is 3.35. The van der Waals surface area contributed by atoms with Gasteiger partial charge in [0.1, 0.15) is 17.7 Å². The molecule has 2 aromatic rings. The summed E-state index contributed by atoms with van der Waals surface area (Å²) >= 11 is 0. The first-order chi connectivity index (χ1) is 11.1. The maximum Gasteiger partial charge on any atom is 0.221 e. The highest BCUT2D eigenvalue weighted by Crippen LogP contribution is 2.28. The van der Waals surface area contributed by atoms with Gasteiger partial charge in [-0.15, -0.1) is 0 Å². The van der Waals surface area contributed by atoms with E-state index in [2.05, 4.69) is 10.3 Å². The van der Waals surface area contributed by atoms with Gasteiger partial charge in [0.2, 0.25) is 5.91 Å². The first-order valence-corrected chi connectivity index (χ1v) is 8.15. The number of nitrogens with one attached hydrogen (secondary N) is 1. The Balaban J connectivity index is 1.79. The highest BCUT2D eigenvalue weighted by atomic mass is 19.1. The number of rotatable bonds is 5. The number of hydrogen-bond donors (Lipinski definition) is 1. The molecule has 1 amide bonds. The minimum atomic E-state index is -0.357. The van der Waals surface area contributed by atoms with E-state index in [1.807, 2.05) is 17.8 Å². The summed E-state index contributed by atoms with van der Waals surface area (Å²) in [6, 6.07) is 5.86. The van der Waals surface area contributed by atoms with Crippen molar-refractivity contribution in [1.82, 2.24) is 14.9 Å². The predicted molar refractivity (Wildman–Crippen MR) is 86.2 cm³/mol. The van der Waals surface area contributed by atoms with E-state index in [0.717, 1.165) is 24.2 Å². The number of amides is 1.